The number of carbonyl (C=O) groups excluding carboxylic acids is 1. The highest BCUT2D eigenvalue weighted by Crippen LogP contribution is 2.07. The molecule has 14 heavy (non-hydrogen) atoms. The Morgan fingerprint density at radius 2 is 2.14 bits per heavy atom. The van der Waals surface area contributed by atoms with Crippen LogP contribution >= 0.6 is 0 Å². The fraction of sp³-hybridized carbons (Fsp3) is 0.900. The van der Waals surface area contributed by atoms with Crippen LogP contribution in [0.2, 0.25) is 0 Å². The van der Waals surface area contributed by atoms with Crippen LogP contribution in [-0.4, -0.2) is 48.2 Å². The Labute approximate surface area is 85.3 Å². The lowest BCUT2D eigenvalue weighted by molar-refractivity contribution is -0.122. The summed E-state index contributed by atoms with van der Waals surface area (Å²) >= 11 is 0. The lowest BCUT2D eigenvalue weighted by atomic mass is 10.3. The molecule has 1 saturated heterocycles. The van der Waals surface area contributed by atoms with Crippen LogP contribution < -0.4 is 5.32 Å². The number of aliphatic hydroxyl groups excluding tert-OH is 1. The van der Waals surface area contributed by atoms with E-state index in [1.54, 1.807) is 6.92 Å². The second kappa shape index (κ2) is 5.98. The first kappa shape index (κ1) is 11.5. The summed E-state index contributed by atoms with van der Waals surface area (Å²) in [5.74, 6) is 0.0402. The molecule has 0 radical (unpaired) electrons. The molecule has 1 rings (SSSR count). The van der Waals surface area contributed by atoms with Gasteiger partial charge in [0.25, 0.3) is 0 Å². The zero-order valence-corrected chi connectivity index (χ0v) is 8.83. The standard InChI is InChI=1S/C10H20N2O2/c1-9(8-13)11-10(14)4-7-12-5-2-3-6-12/h9,13H,2-8H2,1H3,(H,11,14)/t9-/m0/s1. The second-order valence-electron chi connectivity index (χ2n) is 3.95. The normalized spacial score (nSPS) is 19.6. The molecule has 0 unspecified atom stereocenters. The number of aliphatic hydroxyl groups is 1. The van der Waals surface area contributed by atoms with Gasteiger partial charge in [-0.2, -0.15) is 0 Å². The number of carbonyl (C=O) groups is 1. The molecule has 0 aromatic heterocycles. The largest absolute Gasteiger partial charge is 0.394 e. The first-order valence-corrected chi connectivity index (χ1v) is 5.35. The zero-order valence-electron chi connectivity index (χ0n) is 8.83. The van der Waals surface area contributed by atoms with E-state index >= 15 is 0 Å². The maximum Gasteiger partial charge on any atom is 0.221 e. The number of likely N-dealkylation sites (tertiary alicyclic amines) is 1. The van der Waals surface area contributed by atoms with Crippen molar-refractivity contribution in [3.05, 3.63) is 0 Å². The molecule has 1 aliphatic heterocycles. The Morgan fingerprint density at radius 3 is 2.71 bits per heavy atom. The van der Waals surface area contributed by atoms with Gasteiger partial charge in [0.1, 0.15) is 0 Å². The van der Waals surface area contributed by atoms with E-state index < -0.39 is 0 Å². The van der Waals surface area contributed by atoms with E-state index in [2.05, 4.69) is 10.2 Å². The molecule has 0 aliphatic carbocycles. The third-order valence-electron chi connectivity index (χ3n) is 2.54. The molecule has 82 valence electrons. The smallest absolute Gasteiger partial charge is 0.221 e. The number of hydrogen-bond donors (Lipinski definition) is 2. The van der Waals surface area contributed by atoms with Crippen LogP contribution in [-0.2, 0) is 4.79 Å². The molecule has 2 N–H and O–H groups in total. The number of rotatable bonds is 5. The third-order valence-corrected chi connectivity index (χ3v) is 2.54. The summed E-state index contributed by atoms with van der Waals surface area (Å²) in [6, 6.07) is -0.124. The topological polar surface area (TPSA) is 52.6 Å². The summed E-state index contributed by atoms with van der Waals surface area (Å²) in [5, 5.41) is 11.5. The lowest BCUT2D eigenvalue weighted by Gasteiger charge is -2.15. The van der Waals surface area contributed by atoms with Gasteiger partial charge in [-0.1, -0.05) is 0 Å². The predicted octanol–water partition coefficient (Wildman–Crippen LogP) is -0.0307. The van der Waals surface area contributed by atoms with Gasteiger partial charge in [0, 0.05) is 19.0 Å². The number of hydrogen-bond acceptors (Lipinski definition) is 3. The molecule has 0 aromatic rings. The van der Waals surface area contributed by atoms with Crippen LogP contribution in [0.4, 0.5) is 0 Å². The highest BCUT2D eigenvalue weighted by atomic mass is 16.3. The summed E-state index contributed by atoms with van der Waals surface area (Å²) < 4.78 is 0. The maximum atomic E-state index is 11.3. The van der Waals surface area contributed by atoms with E-state index in [1.807, 2.05) is 0 Å². The van der Waals surface area contributed by atoms with E-state index in [0.717, 1.165) is 19.6 Å². The number of nitrogens with one attached hydrogen (secondary N) is 1. The van der Waals surface area contributed by atoms with Crippen molar-refractivity contribution >= 4 is 5.91 Å². The van der Waals surface area contributed by atoms with Crippen LogP contribution in [0, 0.1) is 0 Å². The molecule has 1 fully saturated rings. The van der Waals surface area contributed by atoms with Gasteiger partial charge in [0.05, 0.1) is 6.61 Å². The zero-order chi connectivity index (χ0) is 10.4. The summed E-state index contributed by atoms with van der Waals surface area (Å²) in [4.78, 5) is 13.6. The Balaban J connectivity index is 2.08. The van der Waals surface area contributed by atoms with Gasteiger partial charge in [-0.3, -0.25) is 4.79 Å². The van der Waals surface area contributed by atoms with Gasteiger partial charge in [0.15, 0.2) is 0 Å². The van der Waals surface area contributed by atoms with Crippen molar-refractivity contribution in [2.45, 2.75) is 32.2 Å². The van der Waals surface area contributed by atoms with Gasteiger partial charge in [-0.15, -0.1) is 0 Å². The van der Waals surface area contributed by atoms with Crippen molar-refractivity contribution in [1.29, 1.82) is 0 Å². The quantitative estimate of drug-likeness (QED) is 0.655. The summed E-state index contributed by atoms with van der Waals surface area (Å²) in [6.45, 7) is 4.92. The monoisotopic (exact) mass is 200 g/mol. The van der Waals surface area contributed by atoms with Crippen molar-refractivity contribution in [2.75, 3.05) is 26.2 Å². The van der Waals surface area contributed by atoms with E-state index in [0.29, 0.717) is 6.42 Å². The van der Waals surface area contributed by atoms with Crippen LogP contribution in [0.15, 0.2) is 0 Å². The van der Waals surface area contributed by atoms with Gasteiger partial charge in [-0.25, -0.2) is 0 Å². The average Bonchev–Trinajstić information content (AvgIpc) is 2.67. The third kappa shape index (κ3) is 4.07. The molecule has 0 spiro atoms. The minimum Gasteiger partial charge on any atom is -0.394 e. The Morgan fingerprint density at radius 1 is 1.50 bits per heavy atom. The molecule has 4 heteroatoms. The Kier molecular flexibility index (Phi) is 4.90. The van der Waals surface area contributed by atoms with Crippen LogP contribution in [0.25, 0.3) is 0 Å². The Hall–Kier alpha value is -0.610. The van der Waals surface area contributed by atoms with Crippen molar-refractivity contribution in [2.24, 2.45) is 0 Å². The lowest BCUT2D eigenvalue weighted by Crippen LogP contribution is -2.36. The van der Waals surface area contributed by atoms with E-state index in [1.165, 1.54) is 12.8 Å². The molecule has 1 amide bonds. The molecule has 1 aliphatic rings. The fourth-order valence-corrected chi connectivity index (χ4v) is 1.66. The molecule has 4 nitrogen and oxygen atoms in total. The fourth-order valence-electron chi connectivity index (χ4n) is 1.66. The van der Waals surface area contributed by atoms with Crippen LogP contribution in [0.3, 0.4) is 0 Å². The summed E-state index contributed by atoms with van der Waals surface area (Å²) in [7, 11) is 0. The predicted molar refractivity (Wildman–Crippen MR) is 55.0 cm³/mol. The minimum absolute atomic E-state index is 0.00938. The molecular weight excluding hydrogens is 180 g/mol. The van der Waals surface area contributed by atoms with Gasteiger partial charge in [-0.05, 0) is 32.9 Å². The summed E-state index contributed by atoms with van der Waals surface area (Å²) in [5.41, 5.74) is 0. The number of amides is 1. The SMILES string of the molecule is C[C@@H](CO)NC(=O)CCN1CCCC1. The molecule has 0 aromatic carbocycles. The van der Waals surface area contributed by atoms with E-state index in [-0.39, 0.29) is 18.6 Å². The van der Waals surface area contributed by atoms with Gasteiger partial charge < -0.3 is 15.3 Å². The maximum absolute atomic E-state index is 11.3. The van der Waals surface area contributed by atoms with E-state index in [9.17, 15) is 4.79 Å². The highest BCUT2D eigenvalue weighted by Gasteiger charge is 2.13. The first-order valence-electron chi connectivity index (χ1n) is 5.35. The van der Waals surface area contributed by atoms with Crippen molar-refractivity contribution in [1.82, 2.24) is 10.2 Å². The van der Waals surface area contributed by atoms with Crippen molar-refractivity contribution < 1.29 is 9.90 Å². The van der Waals surface area contributed by atoms with E-state index in [4.69, 9.17) is 5.11 Å². The van der Waals surface area contributed by atoms with Gasteiger partial charge >= 0.3 is 0 Å². The summed E-state index contributed by atoms with van der Waals surface area (Å²) in [6.07, 6.45) is 3.06. The highest BCUT2D eigenvalue weighted by molar-refractivity contribution is 5.76. The Bertz CT molecular complexity index is 179. The number of nitrogens with zero attached hydrogens (tertiary/aromatic N) is 1. The molecule has 0 saturated carbocycles. The van der Waals surface area contributed by atoms with Crippen LogP contribution in [0.1, 0.15) is 26.2 Å². The van der Waals surface area contributed by atoms with Crippen LogP contribution in [0.5, 0.6) is 0 Å². The van der Waals surface area contributed by atoms with Crippen molar-refractivity contribution in [3.63, 3.8) is 0 Å². The molecule has 1 heterocycles. The first-order chi connectivity index (χ1) is 6.72. The van der Waals surface area contributed by atoms with Crippen molar-refractivity contribution in [3.8, 4) is 0 Å². The molecule has 0 bridgehead atoms. The molecular formula is C10H20N2O2. The molecule has 1 atom stereocenters. The second-order valence-corrected chi connectivity index (χ2v) is 3.95. The van der Waals surface area contributed by atoms with Gasteiger partial charge in [0.2, 0.25) is 5.91 Å². The minimum atomic E-state index is -0.124. The average molecular weight is 200 g/mol.